The summed E-state index contributed by atoms with van der Waals surface area (Å²) in [5, 5.41) is 13.7. The zero-order chi connectivity index (χ0) is 15.9. The van der Waals surface area contributed by atoms with Crippen molar-refractivity contribution in [3.8, 4) is 0 Å². The first-order chi connectivity index (χ1) is 10.6. The summed E-state index contributed by atoms with van der Waals surface area (Å²) in [4.78, 5) is 27.4. The summed E-state index contributed by atoms with van der Waals surface area (Å²) in [5.74, 6) is -0.540. The largest absolute Gasteiger partial charge is 0.383 e. The number of hydrogen-bond donors (Lipinski definition) is 2. The van der Waals surface area contributed by atoms with Crippen LogP contribution in [0.2, 0.25) is 0 Å². The highest BCUT2D eigenvalue weighted by Gasteiger charge is 2.16. The molecule has 2 aromatic carbocycles. The number of nitro benzene ring substituents is 1. The molecule has 2 rings (SSSR count). The van der Waals surface area contributed by atoms with Gasteiger partial charge in [-0.2, -0.15) is 0 Å². The molecule has 2 aromatic rings. The second kappa shape index (κ2) is 7.19. The number of nitrogens with zero attached hydrogens (tertiary/aromatic N) is 1. The minimum atomic E-state index is -0.548. The third-order valence-corrected chi connectivity index (χ3v) is 2.97. The molecular formula is C15H15N3O4. The van der Waals surface area contributed by atoms with Crippen LogP contribution in [-0.4, -0.2) is 17.9 Å². The van der Waals surface area contributed by atoms with Crippen molar-refractivity contribution in [1.29, 1.82) is 0 Å². The molecule has 7 nitrogen and oxygen atoms in total. The minimum Gasteiger partial charge on any atom is -0.383 e. The lowest BCUT2D eigenvalue weighted by Gasteiger charge is -2.07. The quantitative estimate of drug-likeness (QED) is 0.631. The van der Waals surface area contributed by atoms with Crippen molar-refractivity contribution >= 4 is 17.3 Å². The minimum absolute atomic E-state index is 0.152. The van der Waals surface area contributed by atoms with Gasteiger partial charge < -0.3 is 5.32 Å². The summed E-state index contributed by atoms with van der Waals surface area (Å²) < 4.78 is 0. The maximum absolute atomic E-state index is 11.9. The molecule has 0 aliphatic rings. The lowest BCUT2D eigenvalue weighted by atomic mass is 10.1. The van der Waals surface area contributed by atoms with Crippen LogP contribution in [0.25, 0.3) is 0 Å². The van der Waals surface area contributed by atoms with Crippen LogP contribution in [-0.2, 0) is 11.4 Å². The first kappa shape index (κ1) is 15.5. The molecule has 7 heteroatoms. The molecule has 114 valence electrons. The monoisotopic (exact) mass is 301 g/mol. The Hall–Kier alpha value is -2.93. The van der Waals surface area contributed by atoms with E-state index < -0.39 is 10.8 Å². The number of carbonyl (C=O) groups is 1. The Bertz CT molecular complexity index is 674. The number of anilines is 1. The average molecular weight is 301 g/mol. The molecule has 0 radical (unpaired) electrons. The van der Waals surface area contributed by atoms with E-state index in [0.717, 1.165) is 5.56 Å². The van der Waals surface area contributed by atoms with Gasteiger partial charge in [-0.1, -0.05) is 30.3 Å². The topological polar surface area (TPSA) is 93.5 Å². The summed E-state index contributed by atoms with van der Waals surface area (Å²) in [7, 11) is 1.57. The number of hydroxylamine groups is 1. The van der Waals surface area contributed by atoms with Gasteiger partial charge in [-0.3, -0.25) is 19.7 Å². The Balaban J connectivity index is 2.00. The van der Waals surface area contributed by atoms with Crippen LogP contribution in [0.1, 0.15) is 15.9 Å². The number of nitrogens with one attached hydrogen (secondary N) is 2. The molecule has 22 heavy (non-hydrogen) atoms. The molecular weight excluding hydrogens is 286 g/mol. The van der Waals surface area contributed by atoms with Crippen molar-refractivity contribution in [2.75, 3.05) is 12.4 Å². The van der Waals surface area contributed by atoms with E-state index in [-0.39, 0.29) is 17.9 Å². The van der Waals surface area contributed by atoms with Gasteiger partial charge >= 0.3 is 0 Å². The van der Waals surface area contributed by atoms with E-state index in [9.17, 15) is 14.9 Å². The maximum atomic E-state index is 11.9. The molecule has 0 atom stereocenters. The predicted octanol–water partition coefficient (Wildman–Crippen LogP) is 2.50. The number of benzene rings is 2. The first-order valence-electron chi connectivity index (χ1n) is 6.54. The van der Waals surface area contributed by atoms with E-state index in [0.29, 0.717) is 5.69 Å². The van der Waals surface area contributed by atoms with Gasteiger partial charge in [-0.05, 0) is 17.7 Å². The SMILES string of the molecule is CNc1ccc(C(=O)NOCc2ccccc2)cc1[N+](=O)[O-]. The van der Waals surface area contributed by atoms with Crippen molar-refractivity contribution in [2.24, 2.45) is 0 Å². The number of carbonyl (C=O) groups excluding carboxylic acids is 1. The second-order valence-electron chi connectivity index (χ2n) is 4.44. The lowest BCUT2D eigenvalue weighted by molar-refractivity contribution is -0.384. The van der Waals surface area contributed by atoms with Crippen LogP contribution in [0.15, 0.2) is 48.5 Å². The molecule has 0 spiro atoms. The molecule has 0 aliphatic carbocycles. The number of amides is 1. The van der Waals surface area contributed by atoms with Crippen LogP contribution in [0.5, 0.6) is 0 Å². The zero-order valence-corrected chi connectivity index (χ0v) is 11.9. The van der Waals surface area contributed by atoms with Crippen LogP contribution in [0, 0.1) is 10.1 Å². The Morgan fingerprint density at radius 3 is 2.59 bits per heavy atom. The van der Waals surface area contributed by atoms with Gasteiger partial charge in [0, 0.05) is 18.7 Å². The molecule has 0 aliphatic heterocycles. The van der Waals surface area contributed by atoms with Gasteiger partial charge in [0.05, 0.1) is 11.5 Å². The standard InChI is InChI=1S/C15H15N3O4/c1-16-13-8-7-12(9-14(13)18(20)21)15(19)17-22-10-11-5-3-2-4-6-11/h2-9,16H,10H2,1H3,(H,17,19). The van der Waals surface area contributed by atoms with E-state index in [1.165, 1.54) is 18.2 Å². The predicted molar refractivity (Wildman–Crippen MR) is 81.3 cm³/mol. The molecule has 0 saturated carbocycles. The van der Waals surface area contributed by atoms with E-state index in [1.807, 2.05) is 30.3 Å². The van der Waals surface area contributed by atoms with Crippen molar-refractivity contribution in [3.63, 3.8) is 0 Å². The third kappa shape index (κ3) is 3.80. The van der Waals surface area contributed by atoms with Crippen LogP contribution >= 0.6 is 0 Å². The number of nitro groups is 1. The summed E-state index contributed by atoms with van der Waals surface area (Å²) in [5.41, 5.74) is 3.49. The summed E-state index contributed by atoms with van der Waals surface area (Å²) in [6.45, 7) is 0.212. The fraction of sp³-hybridized carbons (Fsp3) is 0.133. The highest BCUT2D eigenvalue weighted by Crippen LogP contribution is 2.24. The van der Waals surface area contributed by atoms with E-state index >= 15 is 0 Å². The summed E-state index contributed by atoms with van der Waals surface area (Å²) in [6, 6.07) is 13.5. The smallest absolute Gasteiger partial charge is 0.293 e. The molecule has 0 bridgehead atoms. The second-order valence-corrected chi connectivity index (χ2v) is 4.44. The van der Waals surface area contributed by atoms with E-state index in [1.54, 1.807) is 7.05 Å². The molecule has 0 unspecified atom stereocenters. The number of hydrogen-bond acceptors (Lipinski definition) is 5. The Kier molecular flexibility index (Phi) is 5.05. The molecule has 1 amide bonds. The van der Waals surface area contributed by atoms with E-state index in [2.05, 4.69) is 10.8 Å². The third-order valence-electron chi connectivity index (χ3n) is 2.97. The van der Waals surface area contributed by atoms with Gasteiger partial charge in [-0.15, -0.1) is 0 Å². The van der Waals surface area contributed by atoms with Crippen LogP contribution in [0.3, 0.4) is 0 Å². The van der Waals surface area contributed by atoms with Crippen molar-refractivity contribution in [1.82, 2.24) is 5.48 Å². The van der Waals surface area contributed by atoms with Gasteiger partial charge in [0.25, 0.3) is 11.6 Å². The van der Waals surface area contributed by atoms with Gasteiger partial charge in [0.1, 0.15) is 5.69 Å². The zero-order valence-electron chi connectivity index (χ0n) is 11.9. The fourth-order valence-electron chi connectivity index (χ4n) is 1.85. The van der Waals surface area contributed by atoms with E-state index in [4.69, 9.17) is 4.84 Å². The number of rotatable bonds is 6. The van der Waals surface area contributed by atoms with Crippen molar-refractivity contribution in [3.05, 3.63) is 69.8 Å². The Labute approximate surface area is 127 Å². The first-order valence-corrected chi connectivity index (χ1v) is 6.54. The van der Waals surface area contributed by atoms with Gasteiger partial charge in [0.15, 0.2) is 0 Å². The van der Waals surface area contributed by atoms with Crippen LogP contribution in [0.4, 0.5) is 11.4 Å². The Morgan fingerprint density at radius 2 is 1.95 bits per heavy atom. The summed E-state index contributed by atoms with van der Waals surface area (Å²) >= 11 is 0. The highest BCUT2D eigenvalue weighted by atomic mass is 16.7. The Morgan fingerprint density at radius 1 is 1.23 bits per heavy atom. The molecule has 0 saturated heterocycles. The lowest BCUT2D eigenvalue weighted by Crippen LogP contribution is -2.23. The van der Waals surface area contributed by atoms with Crippen molar-refractivity contribution in [2.45, 2.75) is 6.61 Å². The summed E-state index contributed by atoms with van der Waals surface area (Å²) in [6.07, 6.45) is 0. The highest BCUT2D eigenvalue weighted by molar-refractivity contribution is 5.95. The van der Waals surface area contributed by atoms with Crippen molar-refractivity contribution < 1.29 is 14.6 Å². The molecule has 0 heterocycles. The normalized spacial score (nSPS) is 10.0. The fourth-order valence-corrected chi connectivity index (χ4v) is 1.85. The average Bonchev–Trinajstić information content (AvgIpc) is 2.55. The molecule has 2 N–H and O–H groups in total. The maximum Gasteiger partial charge on any atom is 0.293 e. The van der Waals surface area contributed by atoms with Gasteiger partial charge in [-0.25, -0.2) is 5.48 Å². The molecule has 0 fully saturated rings. The molecule has 0 aromatic heterocycles. The van der Waals surface area contributed by atoms with Crippen LogP contribution < -0.4 is 10.8 Å². The van der Waals surface area contributed by atoms with Gasteiger partial charge in [0.2, 0.25) is 0 Å².